The molecule has 9 nitrogen and oxygen atoms in total. The van der Waals surface area contributed by atoms with E-state index in [1.807, 2.05) is 38.7 Å². The number of pyridine rings is 2. The quantitative estimate of drug-likeness (QED) is 0.129. The molecule has 0 radical (unpaired) electrons. The summed E-state index contributed by atoms with van der Waals surface area (Å²) in [5, 5.41) is 9.85. The van der Waals surface area contributed by atoms with Crippen LogP contribution >= 0.6 is 46.4 Å². The number of allylic oxidation sites excluding steroid dienone is 1. The molecule has 5 rings (SSSR count). The summed E-state index contributed by atoms with van der Waals surface area (Å²) in [5.41, 5.74) is 5.88. The molecule has 1 saturated heterocycles. The van der Waals surface area contributed by atoms with Crippen molar-refractivity contribution in [2.75, 3.05) is 30.3 Å². The molecular weight excluding hydrogens is 675 g/mol. The fourth-order valence-electron chi connectivity index (χ4n) is 6.19. The van der Waals surface area contributed by atoms with Gasteiger partial charge in [0.15, 0.2) is 5.82 Å². The number of piperazine rings is 1. The highest BCUT2D eigenvalue weighted by Crippen LogP contribution is 2.46. The molecular formula is C32H30Cl4FN7O2. The topological polar surface area (TPSA) is 121 Å². The number of nitriles is 1. The Morgan fingerprint density at radius 2 is 1.89 bits per heavy atom. The van der Waals surface area contributed by atoms with Gasteiger partial charge >= 0.3 is 0 Å². The number of hydrogen-bond acceptors (Lipinski definition) is 7. The van der Waals surface area contributed by atoms with Crippen molar-refractivity contribution in [3.8, 4) is 17.3 Å². The molecule has 0 saturated carbocycles. The van der Waals surface area contributed by atoms with Crippen LogP contribution in [0, 0.1) is 29.0 Å². The lowest BCUT2D eigenvalue weighted by Crippen LogP contribution is -2.54. The highest BCUT2D eigenvalue weighted by atomic mass is 35.5. The zero-order valence-electron chi connectivity index (χ0n) is 25.4. The van der Waals surface area contributed by atoms with Gasteiger partial charge in [-0.15, -0.1) is 0 Å². The fraction of sp³-hybridized carbons (Fsp3) is 0.344. The molecule has 46 heavy (non-hydrogen) atoms. The van der Waals surface area contributed by atoms with E-state index in [0.29, 0.717) is 36.4 Å². The van der Waals surface area contributed by atoms with E-state index in [0.717, 1.165) is 0 Å². The van der Waals surface area contributed by atoms with Crippen molar-refractivity contribution >= 4 is 80.4 Å². The molecule has 1 aromatic carbocycles. The van der Waals surface area contributed by atoms with Gasteiger partial charge in [0.2, 0.25) is 5.91 Å². The number of nitrogens with zero attached hydrogens (tertiary/aromatic N) is 6. The first-order valence-electron chi connectivity index (χ1n) is 14.5. The number of aromatic nitrogens is 2. The normalized spacial score (nSPS) is 19.8. The highest BCUT2D eigenvalue weighted by Gasteiger charge is 2.36. The average Bonchev–Trinajstić information content (AvgIpc) is 3.02. The number of benzene rings is 1. The van der Waals surface area contributed by atoms with Crippen LogP contribution in [0.3, 0.4) is 0 Å². The van der Waals surface area contributed by atoms with Crippen LogP contribution in [0.15, 0.2) is 40.8 Å². The number of aliphatic imine (C=N–C) groups is 1. The molecule has 2 unspecified atom stereocenters. The molecule has 3 atom stereocenters. The van der Waals surface area contributed by atoms with Crippen LogP contribution in [0.5, 0.6) is 0 Å². The van der Waals surface area contributed by atoms with E-state index in [1.165, 1.54) is 16.7 Å². The number of nitrogen functional groups attached to an aromatic ring is 1. The molecule has 0 aliphatic carbocycles. The summed E-state index contributed by atoms with van der Waals surface area (Å²) < 4.78 is 17.2. The summed E-state index contributed by atoms with van der Waals surface area (Å²) in [6.07, 6.45) is 4.81. The van der Waals surface area contributed by atoms with Gasteiger partial charge in [-0.1, -0.05) is 79.8 Å². The molecule has 1 amide bonds. The van der Waals surface area contributed by atoms with Gasteiger partial charge in [-0.3, -0.25) is 19.1 Å². The SMILES string of the molecule is C=CC(=O)N1CCN(c2c(C#N)c(=O)n(C3C(C(C)C)=NC=CC3C)c3nc(-c4c(F)c(Cl)c(Cl)c(N)c4Cl)c(Cl)cc23)C[C@H]1C. The van der Waals surface area contributed by atoms with Gasteiger partial charge in [0.05, 0.1) is 48.8 Å². The van der Waals surface area contributed by atoms with E-state index in [4.69, 9.17) is 57.1 Å². The standard InChI is InChI=1S/C32H30Cl4FN7O2/c1-6-20(45)43-10-9-42(13-16(43)5)30-17-11-19(33)28(21-22(34)26(39)24(36)23(35)25(21)37)41-31(17)44(32(46)18(30)12-38)29-15(4)7-8-40-27(29)14(2)3/h6-8,11,14-16,29H,1,9-10,13,39H2,2-5H3/t15?,16-,29?/m1/s1. The Kier molecular flexibility index (Phi) is 9.45. The first-order valence-corrected chi connectivity index (χ1v) is 16.0. The second kappa shape index (κ2) is 12.9. The van der Waals surface area contributed by atoms with Crippen molar-refractivity contribution in [2.45, 2.75) is 39.8 Å². The molecule has 3 aromatic rings. The molecule has 2 aliphatic heterocycles. The second-order valence-corrected chi connectivity index (χ2v) is 13.2. The highest BCUT2D eigenvalue weighted by molar-refractivity contribution is 6.47. The van der Waals surface area contributed by atoms with E-state index >= 15 is 4.39 Å². The monoisotopic (exact) mass is 703 g/mol. The van der Waals surface area contributed by atoms with Crippen LogP contribution in [-0.2, 0) is 4.79 Å². The van der Waals surface area contributed by atoms with E-state index in [2.05, 4.69) is 17.6 Å². The van der Waals surface area contributed by atoms with Crippen molar-refractivity contribution in [3.05, 3.63) is 72.8 Å². The summed E-state index contributed by atoms with van der Waals surface area (Å²) in [7, 11) is 0. The lowest BCUT2D eigenvalue weighted by molar-refractivity contribution is -0.128. The Bertz CT molecular complexity index is 1940. The predicted octanol–water partition coefficient (Wildman–Crippen LogP) is 7.29. The first kappa shape index (κ1) is 33.7. The largest absolute Gasteiger partial charge is 0.396 e. The minimum absolute atomic E-state index is 0.0377. The molecule has 2 aliphatic rings. The minimum Gasteiger partial charge on any atom is -0.396 e. The third-order valence-electron chi connectivity index (χ3n) is 8.44. The van der Waals surface area contributed by atoms with Crippen LogP contribution in [0.1, 0.15) is 39.3 Å². The molecule has 4 heterocycles. The summed E-state index contributed by atoms with van der Waals surface area (Å²) >= 11 is 25.7. The van der Waals surface area contributed by atoms with Crippen LogP contribution < -0.4 is 16.2 Å². The number of halogens is 5. The maximum absolute atomic E-state index is 15.8. The number of carbonyl (C=O) groups is 1. The van der Waals surface area contributed by atoms with Crippen LogP contribution in [0.25, 0.3) is 22.3 Å². The van der Waals surface area contributed by atoms with Gasteiger partial charge in [0.1, 0.15) is 17.3 Å². The summed E-state index contributed by atoms with van der Waals surface area (Å²) in [6, 6.07) is 2.74. The van der Waals surface area contributed by atoms with Crippen molar-refractivity contribution < 1.29 is 9.18 Å². The van der Waals surface area contributed by atoms with Crippen molar-refractivity contribution in [1.29, 1.82) is 5.26 Å². The van der Waals surface area contributed by atoms with Crippen molar-refractivity contribution in [3.63, 3.8) is 0 Å². The number of nitrogens with two attached hydrogens (primary N) is 1. The molecule has 0 spiro atoms. The summed E-state index contributed by atoms with van der Waals surface area (Å²) in [5.74, 6) is -1.52. The lowest BCUT2D eigenvalue weighted by atomic mass is 9.88. The number of fused-ring (bicyclic) bond motifs is 1. The van der Waals surface area contributed by atoms with Gasteiger partial charge in [0.25, 0.3) is 5.56 Å². The van der Waals surface area contributed by atoms with E-state index in [-0.39, 0.29) is 67.0 Å². The van der Waals surface area contributed by atoms with Crippen LogP contribution in [0.2, 0.25) is 20.1 Å². The van der Waals surface area contributed by atoms with Crippen LogP contribution in [-0.4, -0.2) is 51.7 Å². The Morgan fingerprint density at radius 3 is 2.50 bits per heavy atom. The average molecular weight is 705 g/mol. The Hall–Kier alpha value is -3.62. The van der Waals surface area contributed by atoms with Crippen molar-refractivity contribution in [2.24, 2.45) is 16.8 Å². The minimum atomic E-state index is -0.988. The zero-order chi connectivity index (χ0) is 33.8. The smallest absolute Gasteiger partial charge is 0.272 e. The third-order valence-corrected chi connectivity index (χ3v) is 9.96. The number of amides is 1. The van der Waals surface area contributed by atoms with Gasteiger partial charge in [0, 0.05) is 48.9 Å². The summed E-state index contributed by atoms with van der Waals surface area (Å²) in [4.78, 5) is 39.9. The Labute approximate surface area is 285 Å². The Balaban J connectivity index is 1.89. The van der Waals surface area contributed by atoms with Gasteiger partial charge < -0.3 is 15.5 Å². The van der Waals surface area contributed by atoms with E-state index < -0.39 is 22.4 Å². The third kappa shape index (κ3) is 5.43. The number of carbonyl (C=O) groups excluding carboxylic acids is 1. The van der Waals surface area contributed by atoms with E-state index in [1.54, 1.807) is 11.1 Å². The maximum Gasteiger partial charge on any atom is 0.272 e. The molecule has 2 aromatic heterocycles. The second-order valence-electron chi connectivity index (χ2n) is 11.6. The van der Waals surface area contributed by atoms with Gasteiger partial charge in [-0.25, -0.2) is 9.37 Å². The fourth-order valence-corrected chi connectivity index (χ4v) is 7.13. The summed E-state index contributed by atoms with van der Waals surface area (Å²) in [6.45, 7) is 12.2. The molecule has 0 bridgehead atoms. The number of hydrogen-bond donors (Lipinski definition) is 1. The van der Waals surface area contributed by atoms with Crippen molar-refractivity contribution in [1.82, 2.24) is 14.5 Å². The first-order chi connectivity index (χ1) is 21.7. The van der Waals surface area contributed by atoms with E-state index in [9.17, 15) is 14.9 Å². The molecule has 240 valence electrons. The zero-order valence-corrected chi connectivity index (χ0v) is 28.4. The van der Waals surface area contributed by atoms with Gasteiger partial charge in [-0.05, 0) is 25.0 Å². The molecule has 1 fully saturated rings. The van der Waals surface area contributed by atoms with Gasteiger partial charge in [-0.2, -0.15) is 5.26 Å². The Morgan fingerprint density at radius 1 is 1.20 bits per heavy atom. The number of rotatable bonds is 5. The lowest BCUT2D eigenvalue weighted by Gasteiger charge is -2.41. The predicted molar refractivity (Wildman–Crippen MR) is 184 cm³/mol. The molecule has 14 heteroatoms. The molecule has 2 N–H and O–H groups in total. The van der Waals surface area contributed by atoms with Crippen LogP contribution in [0.4, 0.5) is 15.8 Å². The number of anilines is 2. The maximum atomic E-state index is 15.8.